The van der Waals surface area contributed by atoms with Crippen LogP contribution in [0, 0.1) is 0 Å². The van der Waals surface area contributed by atoms with Gasteiger partial charge in [0.25, 0.3) is 0 Å². The Morgan fingerprint density at radius 2 is 1.00 bits per heavy atom. The van der Waals surface area contributed by atoms with E-state index in [2.05, 4.69) is 63.5 Å². The molecule has 0 spiro atoms. The summed E-state index contributed by atoms with van der Waals surface area (Å²) in [5, 5.41) is 2.06. The predicted octanol–water partition coefficient (Wildman–Crippen LogP) is 6.05. The van der Waals surface area contributed by atoms with E-state index in [9.17, 15) is 4.57 Å². The Bertz CT molecular complexity index is 656. The molecule has 0 N–H and O–H groups in total. The van der Waals surface area contributed by atoms with Gasteiger partial charge in [0.1, 0.15) is 7.14 Å². The average molecular weight is 389 g/mol. The summed E-state index contributed by atoms with van der Waals surface area (Å²) < 4.78 is 14.7. The molecule has 0 radical (unpaired) electrons. The van der Waals surface area contributed by atoms with Crippen LogP contribution in [0.25, 0.3) is 0 Å². The van der Waals surface area contributed by atoms with E-state index in [1.54, 1.807) is 0 Å². The van der Waals surface area contributed by atoms with Gasteiger partial charge in [-0.3, -0.25) is 0 Å². The Kier molecular flexibility index (Phi) is 6.35. The van der Waals surface area contributed by atoms with Gasteiger partial charge in [0, 0.05) is 32.4 Å². The monoisotopic (exact) mass is 388 g/mol. The molecule has 0 bridgehead atoms. The summed E-state index contributed by atoms with van der Waals surface area (Å²) in [6, 6.07) is 22.7. The van der Waals surface area contributed by atoms with Crippen molar-refractivity contribution < 1.29 is 4.57 Å². The molecule has 136 valence electrons. The van der Waals surface area contributed by atoms with Crippen molar-refractivity contribution in [1.29, 1.82) is 0 Å². The molecule has 0 aliphatic heterocycles. The first-order chi connectivity index (χ1) is 11.5. The molecule has 25 heavy (non-hydrogen) atoms. The molecule has 0 unspecified atom stereocenters. The van der Waals surface area contributed by atoms with Crippen molar-refractivity contribution >= 4 is 33.9 Å². The van der Waals surface area contributed by atoms with Gasteiger partial charge in [0.15, 0.2) is 0 Å². The Labute approximate surface area is 156 Å². The third-order valence-electron chi connectivity index (χ3n) is 4.49. The molecule has 1 nitrogen and oxygen atoms in total. The summed E-state index contributed by atoms with van der Waals surface area (Å²) in [4.78, 5) is 0. The minimum Gasteiger partial charge on any atom is -0.313 e. The molecular weight excluding hydrogens is 355 g/mol. The van der Waals surface area contributed by atoms with Crippen molar-refractivity contribution in [3.8, 4) is 0 Å². The summed E-state index contributed by atoms with van der Waals surface area (Å²) in [6.45, 7) is 14.4. The van der Waals surface area contributed by atoms with Gasteiger partial charge in [0.05, 0.1) is 0 Å². The first kappa shape index (κ1) is 20.4. The number of hydrogen-bond acceptors (Lipinski definition) is 1. The number of rotatable bonds is 7. The van der Waals surface area contributed by atoms with Gasteiger partial charge in [0.2, 0.25) is 0 Å². The quantitative estimate of drug-likeness (QED) is 0.417. The molecule has 0 saturated carbocycles. The fourth-order valence-electron chi connectivity index (χ4n) is 3.61. The fourth-order valence-corrected chi connectivity index (χ4v) is 14.7. The van der Waals surface area contributed by atoms with Crippen molar-refractivity contribution in [3.05, 3.63) is 60.7 Å². The van der Waals surface area contributed by atoms with Crippen LogP contribution in [-0.4, -0.2) is 21.8 Å². The minimum atomic E-state index is -2.66. The number of hydrogen-bond donors (Lipinski definition) is 0. The highest BCUT2D eigenvalue weighted by Gasteiger charge is 2.41. The molecule has 2 aromatic rings. The van der Waals surface area contributed by atoms with Crippen molar-refractivity contribution in [3.63, 3.8) is 0 Å². The topological polar surface area (TPSA) is 17.1 Å². The second kappa shape index (κ2) is 7.77. The zero-order valence-corrected chi connectivity index (χ0v) is 19.5. The lowest BCUT2D eigenvalue weighted by Gasteiger charge is -2.36. The van der Waals surface area contributed by atoms with E-state index in [0.29, 0.717) is 0 Å². The molecule has 0 saturated heterocycles. The van der Waals surface area contributed by atoms with Gasteiger partial charge in [-0.1, -0.05) is 99.9 Å². The van der Waals surface area contributed by atoms with Crippen molar-refractivity contribution in [2.45, 2.75) is 57.0 Å². The Morgan fingerprint density at radius 3 is 1.28 bits per heavy atom. The van der Waals surface area contributed by atoms with Crippen LogP contribution in [0.3, 0.4) is 0 Å². The van der Waals surface area contributed by atoms with E-state index in [1.807, 2.05) is 36.4 Å². The van der Waals surface area contributed by atoms with E-state index < -0.39 is 23.3 Å². The lowest BCUT2D eigenvalue weighted by atomic mass is 10.4. The third-order valence-corrected chi connectivity index (χ3v) is 12.1. The van der Waals surface area contributed by atoms with Crippen molar-refractivity contribution in [1.82, 2.24) is 0 Å². The van der Waals surface area contributed by atoms with E-state index in [1.165, 1.54) is 0 Å². The van der Waals surface area contributed by atoms with Crippen LogP contribution in [0.4, 0.5) is 0 Å². The lowest BCUT2D eigenvalue weighted by Crippen LogP contribution is -2.37. The first-order valence-corrected chi connectivity index (χ1v) is 18.4. The zero-order valence-electron chi connectivity index (χ0n) is 16.6. The maximum atomic E-state index is 14.7. The van der Waals surface area contributed by atoms with Crippen LogP contribution in [0.2, 0.25) is 51.4 Å². The molecule has 2 aromatic carbocycles. The largest absolute Gasteiger partial charge is 0.313 e. The Hall–Kier alpha value is -0.896. The molecule has 0 aromatic heterocycles. The molecule has 2 rings (SSSR count). The normalized spacial score (nSPS) is 13.2. The molecule has 0 atom stereocenters. The van der Waals surface area contributed by atoms with Gasteiger partial charge in [-0.2, -0.15) is 0 Å². The van der Waals surface area contributed by atoms with E-state index in [-0.39, 0.29) is 5.66 Å². The van der Waals surface area contributed by atoms with Gasteiger partial charge in [-0.05, 0) is 12.1 Å². The van der Waals surface area contributed by atoms with Gasteiger partial charge in [-0.25, -0.2) is 0 Å². The predicted molar refractivity (Wildman–Crippen MR) is 120 cm³/mol. The van der Waals surface area contributed by atoms with Gasteiger partial charge in [-0.15, -0.1) is 0 Å². The molecular formula is C21H33OPSi2. The highest BCUT2D eigenvalue weighted by molar-refractivity contribution is 7.79. The van der Waals surface area contributed by atoms with Crippen molar-refractivity contribution in [2.75, 3.05) is 0 Å². The van der Waals surface area contributed by atoms with Crippen LogP contribution in [0.15, 0.2) is 60.7 Å². The van der Waals surface area contributed by atoms with Crippen LogP contribution >= 0.6 is 7.14 Å². The fraction of sp³-hybridized carbons (Fsp3) is 0.429. The minimum absolute atomic E-state index is 0.260. The second-order valence-electron chi connectivity index (χ2n) is 9.51. The maximum Gasteiger partial charge on any atom is 0.145 e. The average Bonchev–Trinajstić information content (AvgIpc) is 2.52. The van der Waals surface area contributed by atoms with Crippen LogP contribution < -0.4 is 10.6 Å². The van der Waals surface area contributed by atoms with Crippen molar-refractivity contribution in [2.24, 2.45) is 0 Å². The summed E-state index contributed by atoms with van der Waals surface area (Å²) in [5.74, 6) is 0. The van der Waals surface area contributed by atoms with E-state index in [0.717, 1.165) is 22.7 Å². The standard InChI is InChI=1S/C21H33OPSi2/c1-24(2,3)17-21(18-25(4,5)6)23(22,19-13-9-7-10-14-19)20-15-11-8-12-16-20/h7-16,21H,17-18H2,1-6H3. The van der Waals surface area contributed by atoms with Gasteiger partial charge >= 0.3 is 0 Å². The second-order valence-corrected chi connectivity index (χ2v) is 23.7. The molecule has 0 heterocycles. The number of benzene rings is 2. The third kappa shape index (κ3) is 5.54. The van der Waals surface area contributed by atoms with E-state index in [4.69, 9.17) is 0 Å². The molecule has 4 heteroatoms. The van der Waals surface area contributed by atoms with Crippen LogP contribution in [0.1, 0.15) is 0 Å². The van der Waals surface area contributed by atoms with Crippen LogP contribution in [0.5, 0.6) is 0 Å². The maximum absolute atomic E-state index is 14.7. The molecule has 0 fully saturated rings. The lowest BCUT2D eigenvalue weighted by molar-refractivity contribution is 0.581. The van der Waals surface area contributed by atoms with E-state index >= 15 is 0 Å². The SMILES string of the molecule is C[Si](C)(C)CC(C[Si](C)(C)C)P(=O)(c1ccccc1)c1ccccc1. The summed E-state index contributed by atoms with van der Waals surface area (Å²) >= 11 is 0. The smallest absolute Gasteiger partial charge is 0.145 e. The molecule has 0 aliphatic carbocycles. The summed E-state index contributed by atoms with van der Waals surface area (Å²) in [5.41, 5.74) is 0.260. The zero-order chi connectivity index (χ0) is 18.7. The summed E-state index contributed by atoms with van der Waals surface area (Å²) in [7, 11) is -5.35. The Balaban J connectivity index is 2.64. The molecule has 0 amide bonds. The highest BCUT2D eigenvalue weighted by Crippen LogP contribution is 2.54. The van der Waals surface area contributed by atoms with Crippen LogP contribution in [-0.2, 0) is 4.57 Å². The Morgan fingerprint density at radius 1 is 0.680 bits per heavy atom. The highest BCUT2D eigenvalue weighted by atomic mass is 31.2. The first-order valence-electron chi connectivity index (χ1n) is 9.23. The molecule has 0 aliphatic rings. The summed E-state index contributed by atoms with van der Waals surface area (Å²) in [6.07, 6.45) is 0. The van der Waals surface area contributed by atoms with Gasteiger partial charge < -0.3 is 4.57 Å².